The molecule has 6 nitrogen and oxygen atoms in total. The Hall–Kier alpha value is -2.09. The zero-order valence-corrected chi connectivity index (χ0v) is 14.9. The summed E-state index contributed by atoms with van der Waals surface area (Å²) in [7, 11) is -1.31. The summed E-state index contributed by atoms with van der Waals surface area (Å²) in [6.07, 6.45) is 3.12. The van der Waals surface area contributed by atoms with Gasteiger partial charge in [0.2, 0.25) is 5.28 Å². The molecule has 1 aromatic heterocycles. The predicted molar refractivity (Wildman–Crippen MR) is 101 cm³/mol. The van der Waals surface area contributed by atoms with Crippen molar-refractivity contribution < 1.29 is 4.79 Å². The van der Waals surface area contributed by atoms with Crippen molar-refractivity contribution in [2.24, 2.45) is 4.99 Å². The van der Waals surface area contributed by atoms with Gasteiger partial charge in [-0.2, -0.15) is 0 Å². The van der Waals surface area contributed by atoms with E-state index in [1.54, 1.807) is 23.7 Å². The second-order valence-electron chi connectivity index (χ2n) is 4.82. The summed E-state index contributed by atoms with van der Waals surface area (Å²) < 4.78 is 0. The summed E-state index contributed by atoms with van der Waals surface area (Å²) in [4.78, 5) is 24.7. The van der Waals surface area contributed by atoms with Crippen LogP contribution >= 0.6 is 34.1 Å². The van der Waals surface area contributed by atoms with Gasteiger partial charge in [-0.3, -0.25) is 4.79 Å². The molecule has 1 amide bonds. The normalized spacial score (nSPS) is 17.5. The lowest BCUT2D eigenvalue weighted by atomic mass is 10.2. The number of amides is 1. The molecule has 0 spiro atoms. The van der Waals surface area contributed by atoms with Gasteiger partial charge in [-0.1, -0.05) is 34.6 Å². The molecule has 0 bridgehead atoms. The molecule has 2 N–H and O–H groups in total. The van der Waals surface area contributed by atoms with Crippen molar-refractivity contribution >= 4 is 56.0 Å². The van der Waals surface area contributed by atoms with E-state index in [-0.39, 0.29) is 10.5 Å². The number of aromatic nitrogens is 2. The number of rotatable bonds is 2. The highest BCUT2D eigenvalue weighted by Crippen LogP contribution is 2.37. The molecule has 3 rings (SSSR count). The van der Waals surface area contributed by atoms with Crippen molar-refractivity contribution in [1.82, 2.24) is 9.97 Å². The average molecular weight is 382 g/mol. The summed E-state index contributed by atoms with van der Waals surface area (Å²) in [6, 6.07) is 7.10. The van der Waals surface area contributed by atoms with Crippen LogP contribution in [0.15, 0.2) is 47.1 Å². The number of anilines is 2. The second kappa shape index (κ2) is 7.21. The molecule has 24 heavy (non-hydrogen) atoms. The first kappa shape index (κ1) is 16.8. The summed E-state index contributed by atoms with van der Waals surface area (Å²) in [5.74, 6) is 0.478. The lowest BCUT2D eigenvalue weighted by molar-refractivity contribution is 0.269. The van der Waals surface area contributed by atoms with Gasteiger partial charge in [0.25, 0.3) is 5.24 Å². The van der Waals surface area contributed by atoms with E-state index in [0.717, 1.165) is 5.56 Å². The van der Waals surface area contributed by atoms with Gasteiger partial charge in [0.15, 0.2) is 5.17 Å². The van der Waals surface area contributed by atoms with Crippen LogP contribution in [0.5, 0.6) is 0 Å². The van der Waals surface area contributed by atoms with Crippen LogP contribution in [0.2, 0.25) is 10.3 Å². The van der Waals surface area contributed by atoms with E-state index in [0.29, 0.717) is 21.7 Å². The first-order valence-corrected chi connectivity index (χ1v) is 9.06. The number of hydrogen-bond donors (Lipinski definition) is 3. The minimum absolute atomic E-state index is 0.118. The minimum atomic E-state index is -1.31. The topological polar surface area (TPSA) is 79.3 Å². The van der Waals surface area contributed by atoms with E-state index in [2.05, 4.69) is 25.6 Å². The van der Waals surface area contributed by atoms with E-state index in [4.69, 9.17) is 23.2 Å². The molecule has 2 aromatic rings. The molecule has 0 aliphatic carbocycles. The van der Waals surface area contributed by atoms with Gasteiger partial charge in [0.1, 0.15) is 5.82 Å². The summed E-state index contributed by atoms with van der Waals surface area (Å²) in [5, 5.41) is 8.59. The Kier molecular flexibility index (Phi) is 5.03. The number of carbonyl (C=O) groups excluding carboxylic acids is 1. The Morgan fingerprint density at radius 2 is 2.08 bits per heavy atom. The molecule has 1 aliphatic rings. The monoisotopic (exact) mass is 381 g/mol. The predicted octanol–water partition coefficient (Wildman–Crippen LogP) is 4.58. The van der Waals surface area contributed by atoms with E-state index >= 15 is 0 Å². The fourth-order valence-corrected chi connectivity index (χ4v) is 3.78. The van der Waals surface area contributed by atoms with Crippen LogP contribution in [0, 0.1) is 6.92 Å². The van der Waals surface area contributed by atoms with Crippen LogP contribution in [-0.4, -0.2) is 20.4 Å². The Morgan fingerprint density at radius 1 is 1.25 bits per heavy atom. The Bertz CT molecular complexity index is 835. The number of nitrogens with one attached hydrogen (secondary N) is 2. The van der Waals surface area contributed by atoms with Gasteiger partial charge in [0, 0.05) is 12.4 Å². The molecule has 1 unspecified atom stereocenters. The maximum absolute atomic E-state index is 12.6. The molecule has 0 saturated carbocycles. The highest BCUT2D eigenvalue weighted by molar-refractivity contribution is 8.44. The van der Waals surface area contributed by atoms with Crippen molar-refractivity contribution in [3.8, 4) is 0 Å². The fraction of sp³-hybridized carbons (Fsp3) is 0.0667. The van der Waals surface area contributed by atoms with Crippen LogP contribution in [0.3, 0.4) is 0 Å². The number of thiol groups is 1. The van der Waals surface area contributed by atoms with Crippen LogP contribution in [0.25, 0.3) is 0 Å². The van der Waals surface area contributed by atoms with Gasteiger partial charge in [-0.05, 0) is 41.6 Å². The molecule has 9 heteroatoms. The van der Waals surface area contributed by atoms with Crippen molar-refractivity contribution in [1.29, 1.82) is 0 Å². The largest absolute Gasteiger partial charge is 0.320 e. The smallest absolute Gasteiger partial charge is 0.273 e. The van der Waals surface area contributed by atoms with Crippen molar-refractivity contribution in [3.63, 3.8) is 0 Å². The number of para-hydroxylation sites is 1. The van der Waals surface area contributed by atoms with Gasteiger partial charge in [-0.25, -0.2) is 15.0 Å². The number of carbonyl (C=O) groups is 1. The van der Waals surface area contributed by atoms with Crippen molar-refractivity contribution in [2.75, 3.05) is 10.6 Å². The van der Waals surface area contributed by atoms with E-state index in [1.165, 1.54) is 6.20 Å². The van der Waals surface area contributed by atoms with E-state index in [1.807, 2.05) is 19.1 Å². The van der Waals surface area contributed by atoms with Crippen LogP contribution in [0.1, 0.15) is 5.56 Å². The highest BCUT2D eigenvalue weighted by Gasteiger charge is 2.22. The molecule has 1 atom stereocenters. The number of amidine groups is 1. The fourth-order valence-electron chi connectivity index (χ4n) is 2.04. The van der Waals surface area contributed by atoms with Gasteiger partial charge >= 0.3 is 0 Å². The Morgan fingerprint density at radius 3 is 2.83 bits per heavy atom. The van der Waals surface area contributed by atoms with Crippen LogP contribution < -0.4 is 10.6 Å². The quantitative estimate of drug-likeness (QED) is 0.525. The summed E-state index contributed by atoms with van der Waals surface area (Å²) in [6.45, 7) is 1.88. The molecule has 1 aromatic carbocycles. The van der Waals surface area contributed by atoms with Gasteiger partial charge in [-0.15, -0.1) is 0 Å². The van der Waals surface area contributed by atoms with Gasteiger partial charge in [0.05, 0.1) is 10.7 Å². The molecule has 0 radical (unpaired) electrons. The van der Waals surface area contributed by atoms with Crippen LogP contribution in [-0.2, 0) is 0 Å². The maximum Gasteiger partial charge on any atom is 0.273 e. The number of hydrogen-bond acceptors (Lipinski definition) is 5. The third kappa shape index (κ3) is 3.69. The minimum Gasteiger partial charge on any atom is -0.320 e. The standard InChI is InChI=1S/C15H13Cl2N5OS/c1-9-3-2-4-10(16)12(9)22-15(23)24-8-7-19-14(24)21-11-5-6-18-13(17)20-11/h2-8,24H,1H3,(H,22,23)(H,18,19,20,21). The molecule has 2 heterocycles. The summed E-state index contributed by atoms with van der Waals surface area (Å²) in [5.41, 5.74) is 1.50. The zero-order chi connectivity index (χ0) is 17.1. The molecule has 0 fully saturated rings. The third-order valence-electron chi connectivity index (χ3n) is 3.18. The first-order valence-electron chi connectivity index (χ1n) is 6.90. The van der Waals surface area contributed by atoms with E-state index < -0.39 is 10.9 Å². The molecule has 1 aliphatic heterocycles. The van der Waals surface area contributed by atoms with Crippen molar-refractivity contribution in [2.45, 2.75) is 6.92 Å². The number of halogens is 2. The number of benzene rings is 1. The van der Waals surface area contributed by atoms with E-state index in [9.17, 15) is 4.79 Å². The second-order valence-corrected chi connectivity index (χ2v) is 7.43. The number of aliphatic imine (C=N–C) groups is 1. The number of nitrogens with zero attached hydrogens (tertiary/aromatic N) is 3. The molecule has 0 saturated heterocycles. The molecular formula is C15H13Cl2N5OS. The third-order valence-corrected chi connectivity index (χ3v) is 5.34. The number of aryl methyl sites for hydroxylation is 1. The van der Waals surface area contributed by atoms with Gasteiger partial charge < -0.3 is 10.6 Å². The lowest BCUT2D eigenvalue weighted by Gasteiger charge is -2.18. The lowest BCUT2D eigenvalue weighted by Crippen LogP contribution is -2.19. The summed E-state index contributed by atoms with van der Waals surface area (Å²) >= 11 is 11.9. The Balaban J connectivity index is 1.75. The van der Waals surface area contributed by atoms with Crippen LogP contribution in [0.4, 0.5) is 16.3 Å². The molecule has 124 valence electrons. The average Bonchev–Trinajstić information content (AvgIpc) is 2.99. The Labute approximate surface area is 151 Å². The zero-order valence-electron chi connectivity index (χ0n) is 12.5. The maximum atomic E-state index is 12.6. The highest BCUT2D eigenvalue weighted by atomic mass is 35.5. The SMILES string of the molecule is Cc1cccc(Cl)c1NC(=O)[SH]1C=CN=C1Nc1ccnc(Cl)n1. The molecular weight excluding hydrogens is 369 g/mol. The van der Waals surface area contributed by atoms with Crippen molar-refractivity contribution in [3.05, 3.63) is 57.9 Å². The first-order chi connectivity index (χ1) is 11.5.